The Kier molecular flexibility index (Phi) is 2.70. The second-order valence-corrected chi connectivity index (χ2v) is 1.93. The lowest BCUT2D eigenvalue weighted by molar-refractivity contribution is 0.227. The van der Waals surface area contributed by atoms with Crippen molar-refractivity contribution in [2.24, 2.45) is 10.7 Å². The van der Waals surface area contributed by atoms with Gasteiger partial charge in [0.1, 0.15) is 5.84 Å². The topological polar surface area (TPSA) is 58.7 Å². The summed E-state index contributed by atoms with van der Waals surface area (Å²) in [4.78, 5) is 15.4. The molecule has 0 aromatic heterocycles. The Morgan fingerprint density at radius 1 is 1.56 bits per heavy atom. The fourth-order valence-corrected chi connectivity index (χ4v) is 0.251. The van der Waals surface area contributed by atoms with Crippen LogP contribution in [0.15, 0.2) is 4.99 Å². The molecule has 52 valence electrons. The molecule has 2 N–H and O–H groups in total. The Morgan fingerprint density at radius 2 is 2.00 bits per heavy atom. The Bertz CT molecular complexity index is 135. The summed E-state index contributed by atoms with van der Waals surface area (Å²) < 4.78 is 0. The molecule has 0 heterocycles. The van der Waals surface area contributed by atoms with E-state index < -0.39 is 0 Å². The largest absolute Gasteiger partial charge is 0.387 e. The van der Waals surface area contributed by atoms with Gasteiger partial charge in [-0.05, 0) is 6.92 Å². The van der Waals surface area contributed by atoms with Crippen LogP contribution in [0.25, 0.3) is 0 Å². The number of nitrogens with two attached hydrogens (primary N) is 1. The van der Waals surface area contributed by atoms with Crippen molar-refractivity contribution < 1.29 is 4.79 Å². The van der Waals surface area contributed by atoms with Crippen molar-refractivity contribution in [2.45, 2.75) is 6.92 Å². The van der Waals surface area contributed by atoms with Crippen LogP contribution < -0.4 is 5.73 Å². The number of aliphatic imine (C=N–C) groups is 1. The van der Waals surface area contributed by atoms with Gasteiger partial charge < -0.3 is 10.6 Å². The van der Waals surface area contributed by atoms with E-state index in [-0.39, 0.29) is 11.9 Å². The maximum atomic E-state index is 10.6. The third kappa shape index (κ3) is 3.52. The molecule has 0 spiro atoms. The third-order valence-corrected chi connectivity index (χ3v) is 0.655. The Morgan fingerprint density at radius 3 is 2.11 bits per heavy atom. The maximum Gasteiger partial charge on any atom is 0.344 e. The van der Waals surface area contributed by atoms with Gasteiger partial charge in [-0.25, -0.2) is 4.79 Å². The number of rotatable bonds is 0. The Labute approximate surface area is 54.4 Å². The SMILES string of the molecule is C/C(N)=N/C(=O)N(C)C. The number of nitrogens with zero attached hydrogens (tertiary/aromatic N) is 2. The van der Waals surface area contributed by atoms with Crippen LogP contribution in [0.1, 0.15) is 6.92 Å². The molecule has 0 aliphatic rings. The number of amides is 2. The van der Waals surface area contributed by atoms with Crippen molar-refractivity contribution in [3.05, 3.63) is 0 Å². The predicted molar refractivity (Wildman–Crippen MR) is 36.4 cm³/mol. The summed E-state index contributed by atoms with van der Waals surface area (Å²) in [5.74, 6) is 0.286. The van der Waals surface area contributed by atoms with Gasteiger partial charge in [-0.15, -0.1) is 0 Å². The van der Waals surface area contributed by atoms with Crippen LogP contribution in [-0.4, -0.2) is 30.9 Å². The monoisotopic (exact) mass is 129 g/mol. The molecule has 0 aliphatic heterocycles. The van der Waals surface area contributed by atoms with Crippen molar-refractivity contribution in [3.63, 3.8) is 0 Å². The van der Waals surface area contributed by atoms with E-state index in [1.165, 1.54) is 4.90 Å². The molecule has 0 aromatic rings. The fourth-order valence-electron chi connectivity index (χ4n) is 0.251. The van der Waals surface area contributed by atoms with Gasteiger partial charge >= 0.3 is 6.03 Å². The lowest BCUT2D eigenvalue weighted by Gasteiger charge is -2.03. The first-order chi connectivity index (χ1) is 4.04. The Hall–Kier alpha value is -1.06. The van der Waals surface area contributed by atoms with E-state index in [2.05, 4.69) is 4.99 Å². The van der Waals surface area contributed by atoms with Crippen molar-refractivity contribution in [3.8, 4) is 0 Å². The van der Waals surface area contributed by atoms with Gasteiger partial charge in [-0.1, -0.05) is 0 Å². The second-order valence-electron chi connectivity index (χ2n) is 1.93. The van der Waals surface area contributed by atoms with Crippen molar-refractivity contribution in [1.29, 1.82) is 0 Å². The van der Waals surface area contributed by atoms with Gasteiger partial charge in [0.2, 0.25) is 0 Å². The summed E-state index contributed by atoms with van der Waals surface area (Å²) in [5.41, 5.74) is 5.13. The number of carbonyl (C=O) groups excluding carboxylic acids is 1. The molecule has 0 saturated carbocycles. The lowest BCUT2D eigenvalue weighted by Crippen LogP contribution is -2.20. The molecule has 0 bridgehead atoms. The van der Waals surface area contributed by atoms with Crippen molar-refractivity contribution in [1.82, 2.24) is 4.90 Å². The Balaban J connectivity index is 3.93. The quantitative estimate of drug-likeness (QED) is 0.371. The van der Waals surface area contributed by atoms with Gasteiger partial charge in [0.15, 0.2) is 0 Å². The molecule has 0 rings (SSSR count). The summed E-state index contributed by atoms with van der Waals surface area (Å²) in [6, 6.07) is -0.324. The minimum absolute atomic E-state index is 0.286. The standard InChI is InChI=1S/C5H11N3O/c1-4(6)7-5(9)8(2)3/h1-3H3,(H2,6,7,9). The van der Waals surface area contributed by atoms with Crippen molar-refractivity contribution in [2.75, 3.05) is 14.1 Å². The highest BCUT2D eigenvalue weighted by Gasteiger charge is 1.97. The van der Waals surface area contributed by atoms with E-state index in [9.17, 15) is 4.79 Å². The summed E-state index contributed by atoms with van der Waals surface area (Å²) in [7, 11) is 3.24. The highest BCUT2D eigenvalue weighted by Crippen LogP contribution is 1.82. The molecular formula is C5H11N3O. The number of carbonyl (C=O) groups is 1. The average molecular weight is 129 g/mol. The van der Waals surface area contributed by atoms with Crippen LogP contribution in [0.5, 0.6) is 0 Å². The highest BCUT2D eigenvalue weighted by molar-refractivity contribution is 5.91. The van der Waals surface area contributed by atoms with E-state index in [4.69, 9.17) is 5.73 Å². The zero-order valence-electron chi connectivity index (χ0n) is 5.88. The maximum absolute atomic E-state index is 10.6. The normalized spacial score (nSPS) is 11.2. The molecular weight excluding hydrogens is 118 g/mol. The number of hydrogen-bond acceptors (Lipinski definition) is 1. The number of hydrogen-bond donors (Lipinski definition) is 1. The predicted octanol–water partition coefficient (Wildman–Crippen LogP) is 0.0451. The van der Waals surface area contributed by atoms with Gasteiger partial charge in [-0.3, -0.25) is 0 Å². The molecule has 0 aromatic carbocycles. The minimum atomic E-state index is -0.324. The molecule has 4 nitrogen and oxygen atoms in total. The zero-order valence-corrected chi connectivity index (χ0v) is 5.88. The van der Waals surface area contributed by atoms with E-state index in [0.717, 1.165) is 0 Å². The molecule has 4 heteroatoms. The molecule has 0 saturated heterocycles. The van der Waals surface area contributed by atoms with E-state index >= 15 is 0 Å². The summed E-state index contributed by atoms with van der Waals surface area (Å²) in [5, 5.41) is 0. The van der Waals surface area contributed by atoms with Gasteiger partial charge in [0.05, 0.1) is 0 Å². The summed E-state index contributed by atoms with van der Waals surface area (Å²) in [6.07, 6.45) is 0. The minimum Gasteiger partial charge on any atom is -0.387 e. The first-order valence-corrected chi connectivity index (χ1v) is 2.56. The first kappa shape index (κ1) is 7.94. The zero-order chi connectivity index (χ0) is 7.44. The van der Waals surface area contributed by atoms with Gasteiger partial charge in [0, 0.05) is 14.1 Å². The molecule has 0 aliphatic carbocycles. The number of urea groups is 1. The molecule has 0 radical (unpaired) electrons. The van der Waals surface area contributed by atoms with Crippen LogP contribution >= 0.6 is 0 Å². The van der Waals surface area contributed by atoms with Crippen LogP contribution in [0.3, 0.4) is 0 Å². The van der Waals surface area contributed by atoms with E-state index in [1.54, 1.807) is 21.0 Å². The number of amidine groups is 1. The highest BCUT2D eigenvalue weighted by atomic mass is 16.2. The smallest absolute Gasteiger partial charge is 0.344 e. The molecule has 9 heavy (non-hydrogen) atoms. The van der Waals surface area contributed by atoms with E-state index in [0.29, 0.717) is 0 Å². The van der Waals surface area contributed by atoms with Crippen LogP contribution in [0.2, 0.25) is 0 Å². The van der Waals surface area contributed by atoms with Crippen LogP contribution in [0.4, 0.5) is 4.79 Å². The third-order valence-electron chi connectivity index (χ3n) is 0.655. The lowest BCUT2D eigenvalue weighted by atomic mass is 10.7. The summed E-state index contributed by atoms with van der Waals surface area (Å²) in [6.45, 7) is 1.57. The molecule has 0 atom stereocenters. The average Bonchev–Trinajstić information content (AvgIpc) is 1.63. The van der Waals surface area contributed by atoms with Crippen LogP contribution in [0, 0.1) is 0 Å². The van der Waals surface area contributed by atoms with Gasteiger partial charge in [0.25, 0.3) is 0 Å². The second kappa shape index (κ2) is 3.06. The van der Waals surface area contributed by atoms with Gasteiger partial charge in [-0.2, -0.15) is 4.99 Å². The van der Waals surface area contributed by atoms with Crippen molar-refractivity contribution >= 4 is 11.9 Å². The molecule has 0 fully saturated rings. The molecule has 0 unspecified atom stereocenters. The fraction of sp³-hybridized carbons (Fsp3) is 0.600. The summed E-state index contributed by atoms with van der Waals surface area (Å²) >= 11 is 0. The first-order valence-electron chi connectivity index (χ1n) is 2.56. The van der Waals surface area contributed by atoms with Crippen LogP contribution in [-0.2, 0) is 0 Å². The van der Waals surface area contributed by atoms with E-state index in [1.807, 2.05) is 0 Å². The molecule has 2 amide bonds.